The first-order valence-corrected chi connectivity index (χ1v) is 4.92. The zero-order valence-corrected chi connectivity index (χ0v) is 8.42. The van der Waals surface area contributed by atoms with E-state index in [2.05, 4.69) is 25.4 Å². The van der Waals surface area contributed by atoms with Gasteiger partial charge in [0.15, 0.2) is 0 Å². The van der Waals surface area contributed by atoms with Crippen LogP contribution in [0.3, 0.4) is 0 Å². The van der Waals surface area contributed by atoms with E-state index in [1.807, 2.05) is 12.2 Å². The summed E-state index contributed by atoms with van der Waals surface area (Å²) in [6, 6.07) is 0. The fraction of sp³-hybridized carbons (Fsp3) is 0.545. The molecule has 2 heteroatoms. The highest BCUT2D eigenvalue weighted by atomic mass is 16.5. The van der Waals surface area contributed by atoms with E-state index in [0.717, 1.165) is 31.6 Å². The summed E-state index contributed by atoms with van der Waals surface area (Å²) in [5, 5.41) is 0. The smallest absolute Gasteiger partial charge is 0.246 e. The Hall–Kier alpha value is -0.920. The summed E-state index contributed by atoms with van der Waals surface area (Å²) in [4.78, 5) is 2.30. The molecule has 0 saturated heterocycles. The summed E-state index contributed by atoms with van der Waals surface area (Å²) >= 11 is 0. The van der Waals surface area contributed by atoms with Crippen LogP contribution in [0, 0.1) is 6.61 Å². The van der Waals surface area contributed by atoms with Crippen LogP contribution in [-0.2, 0) is 4.74 Å². The van der Waals surface area contributed by atoms with Crippen LogP contribution in [0.15, 0.2) is 24.1 Å². The Balaban J connectivity index is 2.51. The molecule has 0 aromatic heterocycles. The molecule has 2 radical (unpaired) electrons. The van der Waals surface area contributed by atoms with Gasteiger partial charge in [-0.25, -0.2) is 0 Å². The van der Waals surface area contributed by atoms with Crippen molar-refractivity contribution in [3.05, 3.63) is 30.7 Å². The lowest BCUT2D eigenvalue weighted by Crippen LogP contribution is -2.25. The zero-order chi connectivity index (χ0) is 9.52. The molecule has 0 aliphatic carbocycles. The van der Waals surface area contributed by atoms with Gasteiger partial charge in [-0.05, 0) is 25.0 Å². The van der Waals surface area contributed by atoms with Crippen LogP contribution in [0.1, 0.15) is 26.7 Å². The lowest BCUT2D eigenvalue weighted by Gasteiger charge is -2.26. The quantitative estimate of drug-likeness (QED) is 0.643. The van der Waals surface area contributed by atoms with Gasteiger partial charge in [0.2, 0.25) is 6.61 Å². The first-order chi connectivity index (χ1) is 6.38. The molecule has 0 spiro atoms. The number of rotatable bonds is 5. The number of allylic oxidation sites excluding steroid dienone is 2. The van der Waals surface area contributed by atoms with Gasteiger partial charge >= 0.3 is 0 Å². The Morgan fingerprint density at radius 3 is 2.46 bits per heavy atom. The molecule has 0 aromatic carbocycles. The fourth-order valence-corrected chi connectivity index (χ4v) is 1.36. The Morgan fingerprint density at radius 2 is 2.00 bits per heavy atom. The molecule has 0 fully saturated rings. The first-order valence-electron chi connectivity index (χ1n) is 4.92. The average molecular weight is 179 g/mol. The van der Waals surface area contributed by atoms with Crippen LogP contribution in [-0.4, -0.2) is 18.0 Å². The van der Waals surface area contributed by atoms with E-state index in [4.69, 9.17) is 4.74 Å². The Bertz CT molecular complexity index is 190. The van der Waals surface area contributed by atoms with E-state index in [0.29, 0.717) is 0 Å². The van der Waals surface area contributed by atoms with Crippen molar-refractivity contribution in [2.75, 3.05) is 13.1 Å². The van der Waals surface area contributed by atoms with Crippen molar-refractivity contribution in [3.63, 3.8) is 0 Å². The predicted octanol–water partition coefficient (Wildman–Crippen LogP) is 2.57. The maximum Gasteiger partial charge on any atom is 0.246 e. The normalized spacial score (nSPS) is 15.1. The molecule has 2 nitrogen and oxygen atoms in total. The van der Waals surface area contributed by atoms with E-state index in [9.17, 15) is 0 Å². The van der Waals surface area contributed by atoms with Crippen molar-refractivity contribution in [1.82, 2.24) is 4.90 Å². The molecule has 0 unspecified atom stereocenters. The molecular weight excluding hydrogens is 162 g/mol. The van der Waals surface area contributed by atoms with Gasteiger partial charge in [-0.1, -0.05) is 13.8 Å². The number of hydrogen-bond acceptors (Lipinski definition) is 2. The molecule has 0 aromatic rings. The molecule has 0 N–H and O–H groups in total. The van der Waals surface area contributed by atoms with Crippen molar-refractivity contribution in [2.24, 2.45) is 0 Å². The van der Waals surface area contributed by atoms with Crippen molar-refractivity contribution in [2.45, 2.75) is 26.7 Å². The summed E-state index contributed by atoms with van der Waals surface area (Å²) in [6.07, 6.45) is 7.89. The van der Waals surface area contributed by atoms with Crippen molar-refractivity contribution in [3.8, 4) is 0 Å². The minimum absolute atomic E-state index is 1.06. The van der Waals surface area contributed by atoms with E-state index < -0.39 is 0 Å². The molecular formula is C11H17NO. The highest BCUT2D eigenvalue weighted by Crippen LogP contribution is 2.14. The largest absolute Gasteiger partial charge is 0.479 e. The Morgan fingerprint density at radius 1 is 1.31 bits per heavy atom. The minimum Gasteiger partial charge on any atom is -0.479 e. The van der Waals surface area contributed by atoms with Crippen molar-refractivity contribution in [1.29, 1.82) is 0 Å². The topological polar surface area (TPSA) is 12.5 Å². The van der Waals surface area contributed by atoms with Crippen LogP contribution < -0.4 is 0 Å². The van der Waals surface area contributed by atoms with Gasteiger partial charge < -0.3 is 9.64 Å². The van der Waals surface area contributed by atoms with E-state index in [-0.39, 0.29) is 0 Å². The summed E-state index contributed by atoms with van der Waals surface area (Å²) in [7, 11) is 0. The molecule has 0 bridgehead atoms. The maximum atomic E-state index is 5.02. The Labute approximate surface area is 80.9 Å². The van der Waals surface area contributed by atoms with E-state index in [1.165, 1.54) is 0 Å². The van der Waals surface area contributed by atoms with Gasteiger partial charge in [0.05, 0.1) is 12.0 Å². The van der Waals surface area contributed by atoms with E-state index >= 15 is 0 Å². The third kappa shape index (κ3) is 3.13. The van der Waals surface area contributed by atoms with E-state index in [1.54, 1.807) is 6.26 Å². The van der Waals surface area contributed by atoms with Crippen molar-refractivity contribution < 1.29 is 4.74 Å². The van der Waals surface area contributed by atoms with Crippen LogP contribution in [0.25, 0.3) is 0 Å². The zero-order valence-electron chi connectivity index (χ0n) is 8.42. The molecule has 1 aliphatic heterocycles. The lowest BCUT2D eigenvalue weighted by atomic mass is 10.2. The monoisotopic (exact) mass is 179 g/mol. The lowest BCUT2D eigenvalue weighted by molar-refractivity contribution is 0.273. The summed E-state index contributed by atoms with van der Waals surface area (Å²) in [5.41, 5.74) is 1.06. The van der Waals surface area contributed by atoms with Crippen LogP contribution in [0.5, 0.6) is 0 Å². The first kappa shape index (κ1) is 10.2. The second-order valence-corrected chi connectivity index (χ2v) is 3.09. The minimum atomic E-state index is 1.06. The molecule has 0 amide bonds. The molecule has 1 aliphatic rings. The SMILES string of the molecule is CCCN(CCC)C1=CC=CO[C]1. The third-order valence-corrected chi connectivity index (χ3v) is 1.89. The maximum absolute atomic E-state index is 5.02. The second-order valence-electron chi connectivity index (χ2n) is 3.09. The van der Waals surface area contributed by atoms with Gasteiger partial charge in [0, 0.05) is 13.1 Å². The van der Waals surface area contributed by atoms with Crippen LogP contribution in [0.4, 0.5) is 0 Å². The van der Waals surface area contributed by atoms with Gasteiger partial charge in [-0.2, -0.15) is 0 Å². The summed E-state index contributed by atoms with van der Waals surface area (Å²) < 4.78 is 5.02. The number of nitrogens with zero attached hydrogens (tertiary/aromatic N) is 1. The molecule has 1 heterocycles. The summed E-state index contributed by atoms with van der Waals surface area (Å²) in [6.45, 7) is 9.40. The molecule has 0 saturated carbocycles. The number of ether oxygens (including phenoxy) is 1. The second kappa shape index (κ2) is 5.68. The predicted molar refractivity (Wildman–Crippen MR) is 53.7 cm³/mol. The molecule has 13 heavy (non-hydrogen) atoms. The van der Waals surface area contributed by atoms with Gasteiger partial charge in [-0.3, -0.25) is 0 Å². The number of hydrogen-bond donors (Lipinski definition) is 0. The van der Waals surface area contributed by atoms with Gasteiger partial charge in [0.1, 0.15) is 0 Å². The standard InChI is InChI=1S/C11H17NO/c1-3-7-12(8-4-2)11-6-5-9-13-10-11/h5-6,9H,3-4,7-8H2,1-2H3. The molecule has 1 rings (SSSR count). The highest BCUT2D eigenvalue weighted by molar-refractivity contribution is 5.19. The molecule has 0 atom stereocenters. The third-order valence-electron chi connectivity index (χ3n) is 1.89. The fourth-order valence-electron chi connectivity index (χ4n) is 1.36. The summed E-state index contributed by atoms with van der Waals surface area (Å²) in [5.74, 6) is 0. The highest BCUT2D eigenvalue weighted by Gasteiger charge is 2.10. The van der Waals surface area contributed by atoms with Crippen LogP contribution >= 0.6 is 0 Å². The van der Waals surface area contributed by atoms with Crippen molar-refractivity contribution >= 4 is 0 Å². The Kier molecular flexibility index (Phi) is 4.44. The van der Waals surface area contributed by atoms with Crippen LogP contribution in [0.2, 0.25) is 0 Å². The molecule has 72 valence electrons. The van der Waals surface area contributed by atoms with Gasteiger partial charge in [0.25, 0.3) is 0 Å². The van der Waals surface area contributed by atoms with Gasteiger partial charge in [-0.15, -0.1) is 0 Å². The average Bonchev–Trinajstić information content (AvgIpc) is 2.19.